The normalized spacial score (nSPS) is 43.4. The van der Waals surface area contributed by atoms with Crippen LogP contribution in [0.25, 0.3) is 0 Å². The van der Waals surface area contributed by atoms with E-state index in [1.165, 1.54) is 18.4 Å². The molecule has 5 rings (SSSR count). The molecule has 2 amide bonds. The molecular weight excluding hydrogens is 410 g/mol. The SMILES string of the molecule is CC12CC[C@H](OCC(=O)ON3C(=O)CCC3=O)C=C1CCC1C2CCC2(C)C(O)CCC12. The van der Waals surface area contributed by atoms with Gasteiger partial charge < -0.3 is 14.7 Å². The highest BCUT2D eigenvalue weighted by Crippen LogP contribution is 2.65. The summed E-state index contributed by atoms with van der Waals surface area (Å²) in [5, 5.41) is 11.2. The van der Waals surface area contributed by atoms with Gasteiger partial charge in [0.2, 0.25) is 0 Å². The molecule has 7 nitrogen and oxygen atoms in total. The van der Waals surface area contributed by atoms with Crippen LogP contribution >= 0.6 is 0 Å². The van der Waals surface area contributed by atoms with Crippen LogP contribution in [0.2, 0.25) is 0 Å². The molecule has 1 saturated heterocycles. The number of hydrogen-bond donors (Lipinski definition) is 1. The quantitative estimate of drug-likeness (QED) is 0.527. The number of aliphatic hydroxyl groups excluding tert-OH is 1. The summed E-state index contributed by atoms with van der Waals surface area (Å²) in [5.74, 6) is 0.313. The Kier molecular flexibility index (Phi) is 5.48. The van der Waals surface area contributed by atoms with Crippen LogP contribution in [0.5, 0.6) is 0 Å². The fourth-order valence-corrected chi connectivity index (χ4v) is 7.76. The summed E-state index contributed by atoms with van der Waals surface area (Å²) in [7, 11) is 0. The molecule has 1 aliphatic heterocycles. The maximum atomic E-state index is 12.1. The summed E-state index contributed by atoms with van der Waals surface area (Å²) in [4.78, 5) is 40.2. The molecule has 176 valence electrons. The Morgan fingerprint density at radius 1 is 1.03 bits per heavy atom. The van der Waals surface area contributed by atoms with Gasteiger partial charge in [-0.15, -0.1) is 5.06 Å². The van der Waals surface area contributed by atoms with Crippen LogP contribution in [0, 0.1) is 28.6 Å². The molecule has 3 saturated carbocycles. The average Bonchev–Trinajstić information content (AvgIpc) is 3.25. The van der Waals surface area contributed by atoms with E-state index in [-0.39, 0.29) is 42.5 Å². The van der Waals surface area contributed by atoms with Crippen LogP contribution < -0.4 is 0 Å². The second kappa shape index (κ2) is 7.94. The predicted octanol–water partition coefficient (Wildman–Crippen LogP) is 3.30. The zero-order valence-corrected chi connectivity index (χ0v) is 19.2. The van der Waals surface area contributed by atoms with Crippen molar-refractivity contribution in [1.29, 1.82) is 0 Å². The molecule has 4 fully saturated rings. The van der Waals surface area contributed by atoms with Gasteiger partial charge in [-0.1, -0.05) is 25.5 Å². The minimum Gasteiger partial charge on any atom is -0.393 e. The Bertz CT molecular complexity index is 837. The Morgan fingerprint density at radius 3 is 2.53 bits per heavy atom. The molecule has 0 bridgehead atoms. The summed E-state index contributed by atoms with van der Waals surface area (Å²) in [6.45, 7) is 4.46. The minimum absolute atomic E-state index is 0.0847. The number of rotatable bonds is 4. The molecular formula is C25H35NO6. The third-order valence-electron chi connectivity index (χ3n) is 9.64. The van der Waals surface area contributed by atoms with Gasteiger partial charge >= 0.3 is 5.97 Å². The van der Waals surface area contributed by atoms with Crippen LogP contribution in [-0.4, -0.2) is 46.8 Å². The zero-order chi connectivity index (χ0) is 22.7. The van der Waals surface area contributed by atoms with E-state index in [4.69, 9.17) is 9.57 Å². The van der Waals surface area contributed by atoms with Gasteiger partial charge in [0.25, 0.3) is 11.8 Å². The fraction of sp³-hybridized carbons (Fsp3) is 0.800. The van der Waals surface area contributed by atoms with Gasteiger partial charge in [0.05, 0.1) is 12.2 Å². The molecule has 7 heteroatoms. The van der Waals surface area contributed by atoms with Gasteiger partial charge in [-0.2, -0.15) is 0 Å². The number of fused-ring (bicyclic) bond motifs is 5. The highest BCUT2D eigenvalue weighted by Gasteiger charge is 2.58. The predicted molar refractivity (Wildman–Crippen MR) is 115 cm³/mol. The first kappa shape index (κ1) is 22.1. The molecule has 1 N–H and O–H groups in total. The molecule has 32 heavy (non-hydrogen) atoms. The first-order valence-corrected chi connectivity index (χ1v) is 12.3. The van der Waals surface area contributed by atoms with Gasteiger partial charge in [0.1, 0.15) is 6.61 Å². The lowest BCUT2D eigenvalue weighted by Crippen LogP contribution is -2.51. The Labute approximate surface area is 189 Å². The van der Waals surface area contributed by atoms with Crippen LogP contribution in [0.15, 0.2) is 11.6 Å². The van der Waals surface area contributed by atoms with E-state index in [1.807, 2.05) is 0 Å². The molecule has 0 aromatic carbocycles. The van der Waals surface area contributed by atoms with Crippen molar-refractivity contribution in [2.45, 2.75) is 90.3 Å². The van der Waals surface area contributed by atoms with Crippen molar-refractivity contribution in [3.05, 3.63) is 11.6 Å². The number of carbonyl (C=O) groups excluding carboxylic acids is 3. The Hall–Kier alpha value is -1.73. The number of amides is 2. The highest BCUT2D eigenvalue weighted by atomic mass is 16.7. The van der Waals surface area contributed by atoms with Crippen LogP contribution in [-0.2, 0) is 24.0 Å². The van der Waals surface area contributed by atoms with E-state index >= 15 is 0 Å². The lowest BCUT2D eigenvalue weighted by atomic mass is 9.47. The molecule has 0 spiro atoms. The zero-order valence-electron chi connectivity index (χ0n) is 19.2. The topological polar surface area (TPSA) is 93.1 Å². The van der Waals surface area contributed by atoms with Gasteiger partial charge in [-0.3, -0.25) is 9.59 Å². The number of hydroxylamine groups is 2. The number of imide groups is 1. The molecule has 7 atom stereocenters. The number of carbonyl (C=O) groups is 3. The van der Waals surface area contributed by atoms with E-state index in [0.717, 1.165) is 38.5 Å². The third kappa shape index (κ3) is 3.43. The van der Waals surface area contributed by atoms with E-state index < -0.39 is 17.8 Å². The van der Waals surface area contributed by atoms with Gasteiger partial charge in [0, 0.05) is 12.8 Å². The largest absolute Gasteiger partial charge is 0.393 e. The highest BCUT2D eigenvalue weighted by molar-refractivity contribution is 6.01. The second-order valence-corrected chi connectivity index (χ2v) is 11.1. The standard InChI is InChI=1S/C25H35NO6/c1-24-11-9-16(31-14-23(30)32-26-21(28)7-8-22(26)29)13-15(24)3-4-17-18-5-6-20(27)25(18,2)12-10-19(17)24/h13,16-20,27H,3-12,14H2,1-2H3/t16-,17?,18?,19?,20?,24?,25?/m0/s1. The summed E-state index contributed by atoms with van der Waals surface area (Å²) in [5.41, 5.74) is 1.72. The number of hydrogen-bond acceptors (Lipinski definition) is 6. The molecule has 5 aliphatic rings. The van der Waals surface area contributed by atoms with Crippen molar-refractivity contribution < 1.29 is 29.1 Å². The van der Waals surface area contributed by atoms with E-state index in [1.54, 1.807) is 0 Å². The lowest BCUT2D eigenvalue weighted by molar-refractivity contribution is -0.201. The maximum absolute atomic E-state index is 12.1. The van der Waals surface area contributed by atoms with Crippen molar-refractivity contribution in [3.8, 4) is 0 Å². The summed E-state index contributed by atoms with van der Waals surface area (Å²) >= 11 is 0. The first-order chi connectivity index (χ1) is 15.2. The Morgan fingerprint density at radius 2 is 1.78 bits per heavy atom. The molecule has 0 radical (unpaired) electrons. The number of allylic oxidation sites excluding steroid dienone is 1. The first-order valence-electron chi connectivity index (χ1n) is 12.3. The van der Waals surface area contributed by atoms with Crippen LogP contribution in [0.3, 0.4) is 0 Å². The monoisotopic (exact) mass is 445 g/mol. The number of nitrogens with zero attached hydrogens (tertiary/aromatic N) is 1. The smallest absolute Gasteiger partial charge is 0.358 e. The molecule has 6 unspecified atom stereocenters. The summed E-state index contributed by atoms with van der Waals surface area (Å²) in [6, 6.07) is 0. The molecule has 4 aliphatic carbocycles. The van der Waals surface area contributed by atoms with E-state index in [0.29, 0.717) is 22.8 Å². The third-order valence-corrected chi connectivity index (χ3v) is 9.64. The van der Waals surface area contributed by atoms with Crippen molar-refractivity contribution in [3.63, 3.8) is 0 Å². The van der Waals surface area contributed by atoms with Crippen LogP contribution in [0.1, 0.15) is 78.1 Å². The number of ether oxygens (including phenoxy) is 1. The van der Waals surface area contributed by atoms with Crippen molar-refractivity contribution in [1.82, 2.24) is 5.06 Å². The summed E-state index contributed by atoms with van der Waals surface area (Å²) < 4.78 is 5.82. The molecule has 0 aromatic rings. The van der Waals surface area contributed by atoms with Crippen molar-refractivity contribution >= 4 is 17.8 Å². The van der Waals surface area contributed by atoms with E-state index in [2.05, 4.69) is 19.9 Å². The van der Waals surface area contributed by atoms with Crippen molar-refractivity contribution in [2.75, 3.05) is 6.61 Å². The maximum Gasteiger partial charge on any atom is 0.358 e. The fourth-order valence-electron chi connectivity index (χ4n) is 7.76. The van der Waals surface area contributed by atoms with Crippen molar-refractivity contribution in [2.24, 2.45) is 28.6 Å². The molecule has 0 aromatic heterocycles. The van der Waals surface area contributed by atoms with Gasteiger partial charge in [-0.05, 0) is 80.0 Å². The second-order valence-electron chi connectivity index (χ2n) is 11.1. The van der Waals surface area contributed by atoms with E-state index in [9.17, 15) is 19.5 Å². The molecule has 1 heterocycles. The van der Waals surface area contributed by atoms with Gasteiger partial charge in [0.15, 0.2) is 0 Å². The lowest BCUT2D eigenvalue weighted by Gasteiger charge is -2.58. The minimum atomic E-state index is -0.713. The average molecular weight is 446 g/mol. The summed E-state index contributed by atoms with van der Waals surface area (Å²) in [6.07, 6.45) is 10.6. The number of aliphatic hydroxyl groups is 1. The van der Waals surface area contributed by atoms with Gasteiger partial charge in [-0.25, -0.2) is 4.79 Å². The Balaban J connectivity index is 1.22. The van der Waals surface area contributed by atoms with Crippen LogP contribution in [0.4, 0.5) is 0 Å².